The maximum Gasteiger partial charge on any atom is 0.336 e. The molecule has 0 saturated carbocycles. The van der Waals surface area contributed by atoms with Crippen LogP contribution >= 0.6 is 0 Å². The highest BCUT2D eigenvalue weighted by molar-refractivity contribution is 7.92. The van der Waals surface area contributed by atoms with E-state index in [2.05, 4.69) is 0 Å². The highest BCUT2D eigenvalue weighted by Crippen LogP contribution is 2.19. The molecule has 1 heterocycles. The number of carboxylic acid groups (broad SMARTS) is 1. The first kappa shape index (κ1) is 16.3. The van der Waals surface area contributed by atoms with E-state index in [4.69, 9.17) is 5.11 Å². The molecule has 1 saturated heterocycles. The predicted octanol–water partition coefficient (Wildman–Crippen LogP) is -1.68. The number of carbonyl (C=O) groups is 1. The molecule has 10 heteroatoms. The minimum absolute atomic E-state index is 0.0210. The van der Waals surface area contributed by atoms with Gasteiger partial charge in [0.2, 0.25) is 10.0 Å². The molecule has 3 N–H and O–H groups in total. The second-order valence-electron chi connectivity index (χ2n) is 4.80. The molecule has 0 bridgehead atoms. The van der Waals surface area contributed by atoms with Crippen molar-refractivity contribution in [2.75, 3.05) is 18.1 Å². The Morgan fingerprint density at radius 1 is 1.37 bits per heavy atom. The molecular weight excluding hydrogens is 298 g/mol. The fraction of sp³-hybridized carbons (Fsp3) is 0.889. The summed E-state index contributed by atoms with van der Waals surface area (Å²) < 4.78 is 48.1. The summed E-state index contributed by atoms with van der Waals surface area (Å²) in [6.07, 6.45) is -0.0419. The van der Waals surface area contributed by atoms with Gasteiger partial charge >= 0.3 is 5.97 Å². The zero-order chi connectivity index (χ0) is 14.9. The van der Waals surface area contributed by atoms with E-state index in [0.29, 0.717) is 0 Å². The number of nitrogens with one attached hydrogen (secondary N) is 1. The van der Waals surface area contributed by atoms with Crippen molar-refractivity contribution in [2.45, 2.75) is 30.6 Å². The summed E-state index contributed by atoms with van der Waals surface area (Å²) in [4.78, 5) is 10.6. The Morgan fingerprint density at radius 3 is 2.26 bits per heavy atom. The lowest BCUT2D eigenvalue weighted by atomic mass is 10.1. The Kier molecular flexibility index (Phi) is 4.60. The molecule has 0 amide bonds. The number of sulfone groups is 1. The molecule has 1 atom stereocenters. The average molecular weight is 315 g/mol. The number of aliphatic carboxylic acids is 1. The molecule has 112 valence electrons. The fourth-order valence-electron chi connectivity index (χ4n) is 1.61. The van der Waals surface area contributed by atoms with Gasteiger partial charge in [0.1, 0.15) is 9.84 Å². The third kappa shape index (κ3) is 4.41. The van der Waals surface area contributed by atoms with Crippen molar-refractivity contribution in [3.63, 3.8) is 0 Å². The number of aliphatic hydroxyl groups is 1. The van der Waals surface area contributed by atoms with E-state index < -0.39 is 43.2 Å². The molecule has 1 rings (SSSR count). The van der Waals surface area contributed by atoms with Gasteiger partial charge in [0.15, 0.2) is 5.60 Å². The molecule has 8 nitrogen and oxygen atoms in total. The van der Waals surface area contributed by atoms with Gasteiger partial charge in [0.25, 0.3) is 0 Å². The van der Waals surface area contributed by atoms with Crippen LogP contribution in [0.1, 0.15) is 19.8 Å². The average Bonchev–Trinajstić information content (AvgIpc) is 2.26. The minimum atomic E-state index is -3.84. The van der Waals surface area contributed by atoms with Gasteiger partial charge < -0.3 is 10.2 Å². The maximum atomic E-state index is 11.9. The van der Waals surface area contributed by atoms with Crippen molar-refractivity contribution < 1.29 is 31.8 Å². The number of hydrogen-bond acceptors (Lipinski definition) is 6. The lowest BCUT2D eigenvalue weighted by molar-refractivity contribution is -0.155. The van der Waals surface area contributed by atoms with Crippen molar-refractivity contribution >= 4 is 25.8 Å². The summed E-state index contributed by atoms with van der Waals surface area (Å²) in [6.45, 7) is 0.317. The molecule has 0 radical (unpaired) electrons. The molecule has 0 aromatic rings. The van der Waals surface area contributed by atoms with E-state index >= 15 is 0 Å². The number of carboxylic acids is 1. The van der Waals surface area contributed by atoms with Gasteiger partial charge in [0, 0.05) is 6.54 Å². The van der Waals surface area contributed by atoms with Crippen LogP contribution in [0.15, 0.2) is 0 Å². The molecule has 1 aliphatic heterocycles. The van der Waals surface area contributed by atoms with Crippen LogP contribution in [-0.2, 0) is 24.7 Å². The Labute approximate surface area is 111 Å². The summed E-state index contributed by atoms with van der Waals surface area (Å²) in [6, 6.07) is 0. The standard InChI is InChI=1S/C9H17NO7S2/c1-9(13,8(11)12)6-10-19(16,17)7-2-4-18(14,15)5-3-7/h7,10,13H,2-6H2,1H3,(H,11,12). The Bertz CT molecular complexity index is 535. The van der Waals surface area contributed by atoms with Crippen LogP contribution in [0.2, 0.25) is 0 Å². The van der Waals surface area contributed by atoms with Gasteiger partial charge in [-0.15, -0.1) is 0 Å². The lowest BCUT2D eigenvalue weighted by Gasteiger charge is -2.24. The van der Waals surface area contributed by atoms with Gasteiger partial charge in [-0.2, -0.15) is 0 Å². The topological polar surface area (TPSA) is 138 Å². The van der Waals surface area contributed by atoms with Gasteiger partial charge in [0.05, 0.1) is 16.8 Å². The maximum absolute atomic E-state index is 11.9. The van der Waals surface area contributed by atoms with E-state index in [1.165, 1.54) is 0 Å². The van der Waals surface area contributed by atoms with Gasteiger partial charge in [-0.25, -0.2) is 26.4 Å². The monoisotopic (exact) mass is 315 g/mol. The largest absolute Gasteiger partial charge is 0.479 e. The quantitative estimate of drug-likeness (QED) is 0.550. The van der Waals surface area contributed by atoms with Crippen molar-refractivity contribution in [1.82, 2.24) is 4.72 Å². The van der Waals surface area contributed by atoms with Gasteiger partial charge in [-0.05, 0) is 19.8 Å². The molecule has 1 unspecified atom stereocenters. The van der Waals surface area contributed by atoms with E-state index in [1.807, 2.05) is 4.72 Å². The van der Waals surface area contributed by atoms with E-state index in [-0.39, 0.29) is 24.3 Å². The van der Waals surface area contributed by atoms with E-state index in [0.717, 1.165) is 6.92 Å². The third-order valence-electron chi connectivity index (χ3n) is 3.02. The molecule has 0 spiro atoms. The van der Waals surface area contributed by atoms with Gasteiger partial charge in [-0.1, -0.05) is 0 Å². The van der Waals surface area contributed by atoms with Crippen LogP contribution in [0, 0.1) is 0 Å². The third-order valence-corrected chi connectivity index (χ3v) is 6.63. The van der Waals surface area contributed by atoms with Crippen LogP contribution in [0.4, 0.5) is 0 Å². The summed E-state index contributed by atoms with van der Waals surface area (Å²) in [7, 11) is -7.01. The SMILES string of the molecule is CC(O)(CNS(=O)(=O)C1CCS(=O)(=O)CC1)C(=O)O. The van der Waals surface area contributed by atoms with E-state index in [9.17, 15) is 26.7 Å². The van der Waals surface area contributed by atoms with Gasteiger partial charge in [-0.3, -0.25) is 0 Å². The summed E-state index contributed by atoms with van der Waals surface area (Å²) in [5.41, 5.74) is -2.20. The van der Waals surface area contributed by atoms with Crippen molar-refractivity contribution in [3.05, 3.63) is 0 Å². The first-order valence-corrected chi connectivity index (χ1v) is 8.98. The van der Waals surface area contributed by atoms with Crippen LogP contribution in [-0.4, -0.2) is 61.9 Å². The molecule has 1 aliphatic rings. The van der Waals surface area contributed by atoms with Crippen LogP contribution in [0.25, 0.3) is 0 Å². The second kappa shape index (κ2) is 5.35. The highest BCUT2D eigenvalue weighted by Gasteiger charge is 2.36. The predicted molar refractivity (Wildman–Crippen MR) is 66.9 cm³/mol. The lowest BCUT2D eigenvalue weighted by Crippen LogP contribution is -2.49. The molecule has 19 heavy (non-hydrogen) atoms. The molecule has 0 aliphatic carbocycles. The molecule has 0 aromatic carbocycles. The normalized spacial score (nSPS) is 23.7. The Hall–Kier alpha value is -0.710. The molecule has 1 fully saturated rings. The number of sulfonamides is 1. The fourth-order valence-corrected chi connectivity index (χ4v) is 4.98. The second-order valence-corrected chi connectivity index (χ2v) is 9.15. The van der Waals surface area contributed by atoms with Crippen LogP contribution in [0.3, 0.4) is 0 Å². The number of rotatable bonds is 5. The summed E-state index contributed by atoms with van der Waals surface area (Å²) in [5, 5.41) is 17.2. The van der Waals surface area contributed by atoms with Crippen LogP contribution < -0.4 is 4.72 Å². The highest BCUT2D eigenvalue weighted by atomic mass is 32.2. The minimum Gasteiger partial charge on any atom is -0.479 e. The van der Waals surface area contributed by atoms with E-state index in [1.54, 1.807) is 0 Å². The summed E-state index contributed by atoms with van der Waals surface area (Å²) in [5.74, 6) is -1.94. The number of hydrogen-bond donors (Lipinski definition) is 3. The van der Waals surface area contributed by atoms with Crippen molar-refractivity contribution in [2.24, 2.45) is 0 Å². The summed E-state index contributed by atoms with van der Waals surface area (Å²) >= 11 is 0. The first-order chi connectivity index (χ1) is 8.46. The zero-order valence-electron chi connectivity index (χ0n) is 10.4. The van der Waals surface area contributed by atoms with Crippen molar-refractivity contribution in [3.8, 4) is 0 Å². The first-order valence-electron chi connectivity index (χ1n) is 5.61. The Balaban J connectivity index is 2.66. The zero-order valence-corrected chi connectivity index (χ0v) is 12.0. The Morgan fingerprint density at radius 2 is 1.84 bits per heavy atom. The van der Waals surface area contributed by atoms with Crippen LogP contribution in [0.5, 0.6) is 0 Å². The van der Waals surface area contributed by atoms with Crippen molar-refractivity contribution in [1.29, 1.82) is 0 Å². The molecular formula is C9H17NO7S2. The smallest absolute Gasteiger partial charge is 0.336 e. The molecule has 0 aromatic heterocycles.